The third kappa shape index (κ3) is 3.08. The maximum atomic E-state index is 12.1. The van der Waals surface area contributed by atoms with Crippen molar-refractivity contribution < 1.29 is 14.7 Å². The second-order valence-electron chi connectivity index (χ2n) is 5.44. The molecule has 2 atom stereocenters. The number of carboxylic acid groups (broad SMARTS) is 1. The molecule has 4 nitrogen and oxygen atoms in total. The SMILES string of the molecule is C=C(C)CC(C)C(=O)N1CCC(C)(C(=O)O)C1. The van der Waals surface area contributed by atoms with E-state index in [-0.39, 0.29) is 11.8 Å². The van der Waals surface area contributed by atoms with Gasteiger partial charge in [0.1, 0.15) is 0 Å². The van der Waals surface area contributed by atoms with E-state index in [1.54, 1.807) is 11.8 Å². The van der Waals surface area contributed by atoms with E-state index in [1.165, 1.54) is 0 Å². The average molecular weight is 239 g/mol. The highest BCUT2D eigenvalue weighted by Crippen LogP contribution is 2.31. The summed E-state index contributed by atoms with van der Waals surface area (Å²) in [4.78, 5) is 24.8. The fraction of sp³-hybridized carbons (Fsp3) is 0.692. The number of hydrogen-bond donors (Lipinski definition) is 1. The Morgan fingerprint density at radius 3 is 2.53 bits per heavy atom. The van der Waals surface area contributed by atoms with Crippen molar-refractivity contribution in [2.24, 2.45) is 11.3 Å². The van der Waals surface area contributed by atoms with E-state index >= 15 is 0 Å². The zero-order valence-electron chi connectivity index (χ0n) is 10.8. The minimum atomic E-state index is -0.819. The van der Waals surface area contributed by atoms with Crippen LogP contribution in [0.1, 0.15) is 33.6 Å². The molecular weight excluding hydrogens is 218 g/mol. The number of carboxylic acids is 1. The lowest BCUT2D eigenvalue weighted by atomic mass is 9.90. The molecule has 0 aromatic rings. The quantitative estimate of drug-likeness (QED) is 0.762. The lowest BCUT2D eigenvalue weighted by Crippen LogP contribution is -2.37. The molecule has 1 aliphatic heterocycles. The van der Waals surface area contributed by atoms with Crippen molar-refractivity contribution in [3.05, 3.63) is 12.2 Å². The van der Waals surface area contributed by atoms with Crippen LogP contribution < -0.4 is 0 Å². The molecule has 96 valence electrons. The van der Waals surface area contributed by atoms with Crippen LogP contribution in [0.5, 0.6) is 0 Å². The van der Waals surface area contributed by atoms with E-state index in [0.29, 0.717) is 25.9 Å². The normalized spacial score (nSPS) is 25.7. The average Bonchev–Trinajstić information content (AvgIpc) is 2.60. The van der Waals surface area contributed by atoms with Gasteiger partial charge in [0.25, 0.3) is 0 Å². The minimum absolute atomic E-state index is 0.0398. The Hall–Kier alpha value is -1.32. The monoisotopic (exact) mass is 239 g/mol. The van der Waals surface area contributed by atoms with Gasteiger partial charge in [0.2, 0.25) is 5.91 Å². The number of carbonyl (C=O) groups is 2. The second kappa shape index (κ2) is 4.90. The van der Waals surface area contributed by atoms with Crippen LogP contribution in [0.15, 0.2) is 12.2 Å². The molecule has 0 bridgehead atoms. The lowest BCUT2D eigenvalue weighted by molar-refractivity contribution is -0.147. The highest BCUT2D eigenvalue weighted by Gasteiger charge is 2.42. The summed E-state index contributed by atoms with van der Waals surface area (Å²) in [5, 5.41) is 9.10. The summed E-state index contributed by atoms with van der Waals surface area (Å²) in [6.07, 6.45) is 1.20. The van der Waals surface area contributed by atoms with Crippen molar-refractivity contribution in [2.45, 2.75) is 33.6 Å². The number of amides is 1. The highest BCUT2D eigenvalue weighted by atomic mass is 16.4. The van der Waals surface area contributed by atoms with Crippen molar-refractivity contribution in [1.82, 2.24) is 4.90 Å². The third-order valence-electron chi connectivity index (χ3n) is 3.38. The van der Waals surface area contributed by atoms with Crippen LogP contribution in [0, 0.1) is 11.3 Å². The summed E-state index contributed by atoms with van der Waals surface area (Å²) in [5.41, 5.74) is 0.199. The molecule has 0 aromatic carbocycles. The van der Waals surface area contributed by atoms with Gasteiger partial charge < -0.3 is 10.0 Å². The van der Waals surface area contributed by atoms with E-state index in [9.17, 15) is 9.59 Å². The standard InChI is InChI=1S/C13H21NO3/c1-9(2)7-10(3)11(15)14-6-5-13(4,8-14)12(16)17/h10H,1,5-8H2,2-4H3,(H,16,17). The Bertz CT molecular complexity index is 351. The van der Waals surface area contributed by atoms with Gasteiger partial charge in [0.15, 0.2) is 0 Å². The molecule has 1 rings (SSSR count). The molecule has 0 aliphatic carbocycles. The van der Waals surface area contributed by atoms with Crippen LogP contribution >= 0.6 is 0 Å². The van der Waals surface area contributed by atoms with Gasteiger partial charge in [0, 0.05) is 19.0 Å². The Kier molecular flexibility index (Phi) is 3.96. The smallest absolute Gasteiger partial charge is 0.311 e. The molecule has 1 heterocycles. The van der Waals surface area contributed by atoms with Gasteiger partial charge in [-0.05, 0) is 26.7 Å². The molecule has 1 aliphatic rings. The molecule has 2 unspecified atom stereocenters. The first-order chi connectivity index (χ1) is 7.76. The molecule has 0 saturated carbocycles. The highest BCUT2D eigenvalue weighted by molar-refractivity contribution is 5.82. The molecule has 0 spiro atoms. The van der Waals surface area contributed by atoms with Gasteiger partial charge in [-0.25, -0.2) is 0 Å². The number of rotatable bonds is 4. The number of carbonyl (C=O) groups excluding carboxylic acids is 1. The Morgan fingerprint density at radius 1 is 1.53 bits per heavy atom. The van der Waals surface area contributed by atoms with Gasteiger partial charge in [-0.15, -0.1) is 6.58 Å². The maximum Gasteiger partial charge on any atom is 0.311 e. The van der Waals surface area contributed by atoms with Crippen molar-refractivity contribution in [1.29, 1.82) is 0 Å². The molecule has 1 amide bonds. The predicted octanol–water partition coefficient (Wildman–Crippen LogP) is 1.91. The van der Waals surface area contributed by atoms with Gasteiger partial charge in [0.05, 0.1) is 5.41 Å². The van der Waals surface area contributed by atoms with Crippen LogP contribution in [-0.4, -0.2) is 35.0 Å². The van der Waals surface area contributed by atoms with Gasteiger partial charge >= 0.3 is 5.97 Å². The minimum Gasteiger partial charge on any atom is -0.481 e. The van der Waals surface area contributed by atoms with Crippen LogP contribution in [0.3, 0.4) is 0 Å². The van der Waals surface area contributed by atoms with Crippen LogP contribution in [0.2, 0.25) is 0 Å². The van der Waals surface area contributed by atoms with E-state index in [2.05, 4.69) is 6.58 Å². The van der Waals surface area contributed by atoms with Crippen molar-refractivity contribution in [3.8, 4) is 0 Å². The summed E-state index contributed by atoms with van der Waals surface area (Å²) >= 11 is 0. The predicted molar refractivity (Wildman–Crippen MR) is 65.5 cm³/mol. The number of likely N-dealkylation sites (tertiary alicyclic amines) is 1. The summed E-state index contributed by atoms with van der Waals surface area (Å²) < 4.78 is 0. The zero-order valence-corrected chi connectivity index (χ0v) is 10.8. The summed E-state index contributed by atoms with van der Waals surface area (Å²) in [5.74, 6) is -0.887. The molecular formula is C13H21NO3. The summed E-state index contributed by atoms with van der Waals surface area (Å²) in [6.45, 7) is 10.1. The fourth-order valence-electron chi connectivity index (χ4n) is 2.25. The van der Waals surface area contributed by atoms with E-state index in [1.807, 2.05) is 13.8 Å². The van der Waals surface area contributed by atoms with Gasteiger partial charge in [-0.3, -0.25) is 9.59 Å². The fourth-order valence-corrected chi connectivity index (χ4v) is 2.25. The molecule has 0 aromatic heterocycles. The van der Waals surface area contributed by atoms with Crippen LogP contribution in [0.25, 0.3) is 0 Å². The van der Waals surface area contributed by atoms with Crippen LogP contribution in [-0.2, 0) is 9.59 Å². The van der Waals surface area contributed by atoms with Crippen LogP contribution in [0.4, 0.5) is 0 Å². The number of hydrogen-bond acceptors (Lipinski definition) is 2. The third-order valence-corrected chi connectivity index (χ3v) is 3.38. The summed E-state index contributed by atoms with van der Waals surface area (Å²) in [7, 11) is 0. The number of allylic oxidation sites excluding steroid dienone is 1. The van der Waals surface area contributed by atoms with Gasteiger partial charge in [-0.1, -0.05) is 12.5 Å². The topological polar surface area (TPSA) is 57.6 Å². The van der Waals surface area contributed by atoms with Crippen molar-refractivity contribution in [3.63, 3.8) is 0 Å². The first kappa shape index (κ1) is 13.7. The summed E-state index contributed by atoms with van der Waals surface area (Å²) in [6, 6.07) is 0. The first-order valence-electron chi connectivity index (χ1n) is 5.93. The van der Waals surface area contributed by atoms with Crippen molar-refractivity contribution >= 4 is 11.9 Å². The zero-order chi connectivity index (χ0) is 13.2. The first-order valence-corrected chi connectivity index (χ1v) is 5.93. The number of aliphatic carboxylic acids is 1. The molecule has 1 fully saturated rings. The Labute approximate surface area is 102 Å². The molecule has 17 heavy (non-hydrogen) atoms. The molecule has 0 radical (unpaired) electrons. The van der Waals surface area contributed by atoms with E-state index < -0.39 is 11.4 Å². The van der Waals surface area contributed by atoms with E-state index in [4.69, 9.17) is 5.11 Å². The lowest BCUT2D eigenvalue weighted by Gasteiger charge is -2.23. The van der Waals surface area contributed by atoms with Crippen molar-refractivity contribution in [2.75, 3.05) is 13.1 Å². The molecule has 4 heteroatoms. The van der Waals surface area contributed by atoms with E-state index in [0.717, 1.165) is 5.57 Å². The molecule has 1 N–H and O–H groups in total. The Balaban J connectivity index is 2.62. The maximum absolute atomic E-state index is 12.1. The van der Waals surface area contributed by atoms with Gasteiger partial charge in [-0.2, -0.15) is 0 Å². The molecule has 1 saturated heterocycles. The Morgan fingerprint density at radius 2 is 2.12 bits per heavy atom. The largest absolute Gasteiger partial charge is 0.481 e. The number of nitrogens with zero attached hydrogens (tertiary/aromatic N) is 1. The second-order valence-corrected chi connectivity index (χ2v) is 5.44.